The number of rotatable bonds is 7. The highest BCUT2D eigenvalue weighted by Crippen LogP contribution is 2.30. The molecular weight excluding hydrogens is 410 g/mol. The summed E-state index contributed by atoms with van der Waals surface area (Å²) in [4.78, 5) is 52.4. The molecule has 1 fully saturated rings. The molecule has 2 aromatic rings. The molecule has 1 aliphatic rings. The minimum Gasteiger partial charge on any atom is -0.323 e. The van der Waals surface area contributed by atoms with E-state index in [9.17, 15) is 24.5 Å². The van der Waals surface area contributed by atoms with Gasteiger partial charge in [0.2, 0.25) is 5.91 Å². The SMILES string of the molecule is CCC(C)N(C(=O)c1ccc([N+](=O)[O-])cc1)C1CC(=O)N(c2ccc(C(C)C)cc2)C1=O. The highest BCUT2D eigenvalue weighted by Gasteiger charge is 2.45. The number of nitro groups is 1. The molecule has 0 radical (unpaired) electrons. The van der Waals surface area contributed by atoms with Crippen molar-refractivity contribution in [2.24, 2.45) is 0 Å². The van der Waals surface area contributed by atoms with Crippen LogP contribution in [0.25, 0.3) is 0 Å². The molecule has 0 spiro atoms. The second kappa shape index (κ2) is 9.30. The number of imide groups is 1. The first-order chi connectivity index (χ1) is 15.1. The van der Waals surface area contributed by atoms with E-state index >= 15 is 0 Å². The lowest BCUT2D eigenvalue weighted by atomic mass is 10.0. The third-order valence-corrected chi connectivity index (χ3v) is 5.90. The zero-order valence-electron chi connectivity index (χ0n) is 18.6. The second-order valence-corrected chi connectivity index (χ2v) is 8.31. The highest BCUT2D eigenvalue weighted by atomic mass is 16.6. The summed E-state index contributed by atoms with van der Waals surface area (Å²) in [5.74, 6) is -0.913. The van der Waals surface area contributed by atoms with Gasteiger partial charge in [-0.2, -0.15) is 0 Å². The van der Waals surface area contributed by atoms with E-state index in [1.54, 1.807) is 12.1 Å². The fourth-order valence-corrected chi connectivity index (χ4v) is 3.83. The van der Waals surface area contributed by atoms with Crippen LogP contribution in [0, 0.1) is 10.1 Å². The Morgan fingerprint density at radius 3 is 2.19 bits per heavy atom. The number of nitro benzene ring substituents is 1. The van der Waals surface area contributed by atoms with Gasteiger partial charge in [0.1, 0.15) is 6.04 Å². The summed E-state index contributed by atoms with van der Waals surface area (Å²) in [6, 6.07) is 11.3. The zero-order chi connectivity index (χ0) is 23.6. The van der Waals surface area contributed by atoms with E-state index in [1.807, 2.05) is 26.0 Å². The van der Waals surface area contributed by atoms with Crippen molar-refractivity contribution in [1.29, 1.82) is 0 Å². The van der Waals surface area contributed by atoms with Gasteiger partial charge in [-0.15, -0.1) is 0 Å². The highest BCUT2D eigenvalue weighted by molar-refractivity contribution is 6.23. The van der Waals surface area contributed by atoms with E-state index in [2.05, 4.69) is 13.8 Å². The molecule has 8 heteroatoms. The number of non-ortho nitro benzene ring substituents is 1. The van der Waals surface area contributed by atoms with Crippen LogP contribution >= 0.6 is 0 Å². The molecule has 0 bridgehead atoms. The number of amides is 3. The van der Waals surface area contributed by atoms with Crippen molar-refractivity contribution in [2.45, 2.75) is 58.5 Å². The quantitative estimate of drug-likeness (QED) is 0.365. The first-order valence-corrected chi connectivity index (χ1v) is 10.7. The monoisotopic (exact) mass is 437 g/mol. The van der Waals surface area contributed by atoms with E-state index in [0.717, 1.165) is 10.5 Å². The van der Waals surface area contributed by atoms with Crippen LogP contribution in [0.3, 0.4) is 0 Å². The molecule has 1 saturated heterocycles. The Morgan fingerprint density at radius 1 is 1.09 bits per heavy atom. The fraction of sp³-hybridized carbons (Fsp3) is 0.375. The van der Waals surface area contributed by atoms with E-state index in [1.165, 1.54) is 29.2 Å². The van der Waals surface area contributed by atoms with Crippen LogP contribution in [0.5, 0.6) is 0 Å². The summed E-state index contributed by atoms with van der Waals surface area (Å²) in [5, 5.41) is 10.9. The molecular formula is C24H27N3O5. The molecule has 2 atom stereocenters. The molecule has 168 valence electrons. The maximum Gasteiger partial charge on any atom is 0.269 e. The summed E-state index contributed by atoms with van der Waals surface area (Å²) < 4.78 is 0. The first kappa shape index (κ1) is 23.1. The maximum atomic E-state index is 13.3. The Hall–Kier alpha value is -3.55. The molecule has 3 rings (SSSR count). The van der Waals surface area contributed by atoms with Crippen molar-refractivity contribution in [2.75, 3.05) is 4.90 Å². The molecule has 8 nitrogen and oxygen atoms in total. The van der Waals surface area contributed by atoms with E-state index in [4.69, 9.17) is 0 Å². The Labute approximate surface area is 187 Å². The second-order valence-electron chi connectivity index (χ2n) is 8.31. The summed E-state index contributed by atoms with van der Waals surface area (Å²) in [5.41, 5.74) is 1.69. The van der Waals surface area contributed by atoms with Crippen molar-refractivity contribution in [3.8, 4) is 0 Å². The molecule has 0 aromatic heterocycles. The smallest absolute Gasteiger partial charge is 0.269 e. The van der Waals surface area contributed by atoms with Crippen molar-refractivity contribution >= 4 is 29.1 Å². The molecule has 2 unspecified atom stereocenters. The predicted octanol–water partition coefficient (Wildman–Crippen LogP) is 4.29. The molecule has 32 heavy (non-hydrogen) atoms. The number of anilines is 1. The number of hydrogen-bond donors (Lipinski definition) is 0. The molecule has 1 heterocycles. The van der Waals surface area contributed by atoms with Crippen molar-refractivity contribution < 1.29 is 19.3 Å². The molecule has 2 aromatic carbocycles. The summed E-state index contributed by atoms with van der Waals surface area (Å²) in [6.45, 7) is 7.83. The molecule has 3 amide bonds. The number of carbonyl (C=O) groups is 3. The number of benzene rings is 2. The van der Waals surface area contributed by atoms with Gasteiger partial charge in [0.05, 0.1) is 17.0 Å². The van der Waals surface area contributed by atoms with Crippen LogP contribution in [0.2, 0.25) is 0 Å². The molecule has 0 N–H and O–H groups in total. The van der Waals surface area contributed by atoms with Gasteiger partial charge in [-0.05, 0) is 49.1 Å². The van der Waals surface area contributed by atoms with Crippen LogP contribution in [-0.4, -0.2) is 39.6 Å². The third-order valence-electron chi connectivity index (χ3n) is 5.90. The van der Waals surface area contributed by atoms with Crippen LogP contribution < -0.4 is 4.90 Å². The summed E-state index contributed by atoms with van der Waals surface area (Å²) in [7, 11) is 0. The van der Waals surface area contributed by atoms with Gasteiger partial charge in [0, 0.05) is 23.7 Å². The Morgan fingerprint density at radius 2 is 1.69 bits per heavy atom. The van der Waals surface area contributed by atoms with Crippen LogP contribution in [0.4, 0.5) is 11.4 Å². The largest absolute Gasteiger partial charge is 0.323 e. The van der Waals surface area contributed by atoms with Gasteiger partial charge in [0.25, 0.3) is 17.5 Å². The minimum absolute atomic E-state index is 0.103. The molecule has 0 saturated carbocycles. The van der Waals surface area contributed by atoms with Crippen LogP contribution in [0.1, 0.15) is 62.4 Å². The minimum atomic E-state index is -0.926. The Balaban J connectivity index is 1.91. The van der Waals surface area contributed by atoms with Gasteiger partial charge in [0.15, 0.2) is 0 Å². The summed E-state index contributed by atoms with van der Waals surface area (Å²) >= 11 is 0. The van der Waals surface area contributed by atoms with Crippen LogP contribution in [-0.2, 0) is 9.59 Å². The average molecular weight is 437 g/mol. The van der Waals surface area contributed by atoms with Gasteiger partial charge in [-0.25, -0.2) is 4.90 Å². The van der Waals surface area contributed by atoms with Gasteiger partial charge >= 0.3 is 0 Å². The van der Waals surface area contributed by atoms with E-state index in [-0.39, 0.29) is 29.6 Å². The van der Waals surface area contributed by atoms with Crippen molar-refractivity contribution in [3.05, 3.63) is 69.8 Å². The first-order valence-electron chi connectivity index (χ1n) is 10.7. The number of nitrogens with zero attached hydrogens (tertiary/aromatic N) is 3. The lowest BCUT2D eigenvalue weighted by molar-refractivity contribution is -0.384. The fourth-order valence-electron chi connectivity index (χ4n) is 3.83. The zero-order valence-corrected chi connectivity index (χ0v) is 18.6. The predicted molar refractivity (Wildman–Crippen MR) is 120 cm³/mol. The van der Waals surface area contributed by atoms with Gasteiger partial charge in [-0.3, -0.25) is 24.5 Å². The maximum absolute atomic E-state index is 13.3. The van der Waals surface area contributed by atoms with Gasteiger partial charge in [-0.1, -0.05) is 32.9 Å². The Kier molecular flexibility index (Phi) is 6.72. The van der Waals surface area contributed by atoms with Crippen molar-refractivity contribution in [1.82, 2.24) is 4.90 Å². The average Bonchev–Trinajstić information content (AvgIpc) is 3.07. The lowest BCUT2D eigenvalue weighted by Gasteiger charge is -2.33. The van der Waals surface area contributed by atoms with E-state index in [0.29, 0.717) is 18.0 Å². The standard InChI is InChI=1S/C24H27N3O5/c1-5-16(4)25(23(29)18-8-12-20(13-9-18)27(31)32)21-14-22(28)26(24(21)30)19-10-6-17(7-11-19)15(2)3/h6-13,15-16,21H,5,14H2,1-4H3. The lowest BCUT2D eigenvalue weighted by Crippen LogP contribution is -2.49. The van der Waals surface area contributed by atoms with Gasteiger partial charge < -0.3 is 4.90 Å². The van der Waals surface area contributed by atoms with Crippen molar-refractivity contribution in [3.63, 3.8) is 0 Å². The molecule has 1 aliphatic heterocycles. The summed E-state index contributed by atoms with van der Waals surface area (Å²) in [6.07, 6.45) is 0.480. The molecule has 0 aliphatic carbocycles. The third kappa shape index (κ3) is 4.39. The van der Waals surface area contributed by atoms with E-state index < -0.39 is 22.8 Å². The van der Waals surface area contributed by atoms with Crippen LogP contribution in [0.15, 0.2) is 48.5 Å². The number of hydrogen-bond acceptors (Lipinski definition) is 5. The Bertz CT molecular complexity index is 1030. The normalized spacial score (nSPS) is 17.0. The number of carbonyl (C=O) groups excluding carboxylic acids is 3. The topological polar surface area (TPSA) is 101 Å².